The molecule has 1 aliphatic rings. The van der Waals surface area contributed by atoms with Crippen LogP contribution in [0, 0.1) is 0 Å². The molecule has 4 nitrogen and oxygen atoms in total. The van der Waals surface area contributed by atoms with E-state index in [9.17, 15) is 8.42 Å². The van der Waals surface area contributed by atoms with Gasteiger partial charge in [-0.15, -0.1) is 0 Å². The van der Waals surface area contributed by atoms with Gasteiger partial charge in [-0.05, 0) is 38.0 Å². The highest BCUT2D eigenvalue weighted by molar-refractivity contribution is 7.89. The second kappa shape index (κ2) is 5.79. The summed E-state index contributed by atoms with van der Waals surface area (Å²) in [6.07, 6.45) is 2.72. The largest absolute Gasteiger partial charge is 0.326 e. The van der Waals surface area contributed by atoms with Crippen LogP contribution in [0.3, 0.4) is 0 Å². The summed E-state index contributed by atoms with van der Waals surface area (Å²) in [6.45, 7) is 2.39. The van der Waals surface area contributed by atoms with E-state index in [2.05, 4.69) is 0 Å². The van der Waals surface area contributed by atoms with Crippen molar-refractivity contribution < 1.29 is 8.42 Å². The molecular formula is C13H19ClN2O2S. The van der Waals surface area contributed by atoms with Gasteiger partial charge in [0.2, 0.25) is 10.0 Å². The number of nitrogens with zero attached hydrogens (tertiary/aromatic N) is 1. The number of halogens is 1. The van der Waals surface area contributed by atoms with Crippen molar-refractivity contribution in [1.82, 2.24) is 4.31 Å². The zero-order valence-corrected chi connectivity index (χ0v) is 12.5. The summed E-state index contributed by atoms with van der Waals surface area (Å²) in [5.41, 5.74) is 5.93. The van der Waals surface area contributed by atoms with Gasteiger partial charge < -0.3 is 5.73 Å². The number of hydrogen-bond donors (Lipinski definition) is 1. The lowest BCUT2D eigenvalue weighted by atomic mass is 10.00. The van der Waals surface area contributed by atoms with E-state index in [1.165, 1.54) is 10.4 Å². The molecule has 0 aromatic heterocycles. The van der Waals surface area contributed by atoms with Crippen LogP contribution in [0.1, 0.15) is 26.2 Å². The molecule has 1 heterocycles. The van der Waals surface area contributed by atoms with E-state index in [0.29, 0.717) is 11.6 Å². The van der Waals surface area contributed by atoms with E-state index in [1.807, 2.05) is 6.92 Å². The second-order valence-electron chi connectivity index (χ2n) is 5.00. The zero-order chi connectivity index (χ0) is 14.0. The molecule has 0 amide bonds. The summed E-state index contributed by atoms with van der Waals surface area (Å²) < 4.78 is 26.9. The standard InChI is InChI=1S/C13H19ClN2O2S/c1-10(15)13-7-2-3-8-16(13)19(17,18)12-6-4-5-11(14)9-12/h4-6,9-10,13H,2-3,7-8,15H2,1H3. The summed E-state index contributed by atoms with van der Waals surface area (Å²) in [5, 5.41) is 0.426. The van der Waals surface area contributed by atoms with Crippen LogP contribution >= 0.6 is 11.6 Å². The van der Waals surface area contributed by atoms with Gasteiger partial charge in [0, 0.05) is 23.7 Å². The van der Waals surface area contributed by atoms with Crippen molar-refractivity contribution in [2.45, 2.75) is 43.2 Å². The number of piperidine rings is 1. The third-order valence-corrected chi connectivity index (χ3v) is 5.66. The van der Waals surface area contributed by atoms with Gasteiger partial charge >= 0.3 is 0 Å². The summed E-state index contributed by atoms with van der Waals surface area (Å²) in [6, 6.07) is 6.09. The van der Waals surface area contributed by atoms with Crippen LogP contribution in [-0.4, -0.2) is 31.4 Å². The van der Waals surface area contributed by atoms with E-state index in [4.69, 9.17) is 17.3 Å². The first-order chi connectivity index (χ1) is 8.93. The first-order valence-corrected chi connectivity index (χ1v) is 8.28. The SMILES string of the molecule is CC(N)C1CCCCN1S(=O)(=O)c1cccc(Cl)c1. The van der Waals surface area contributed by atoms with Gasteiger partial charge in [-0.1, -0.05) is 24.1 Å². The molecule has 2 atom stereocenters. The molecule has 0 saturated carbocycles. The Hall–Kier alpha value is -0.620. The maximum Gasteiger partial charge on any atom is 0.243 e. The third-order valence-electron chi connectivity index (χ3n) is 3.51. The monoisotopic (exact) mass is 302 g/mol. The van der Waals surface area contributed by atoms with Crippen LogP contribution in [0.5, 0.6) is 0 Å². The van der Waals surface area contributed by atoms with E-state index in [-0.39, 0.29) is 17.0 Å². The predicted molar refractivity (Wildman–Crippen MR) is 76.6 cm³/mol. The summed E-state index contributed by atoms with van der Waals surface area (Å²) in [5.74, 6) is 0. The van der Waals surface area contributed by atoms with Crippen molar-refractivity contribution in [3.05, 3.63) is 29.3 Å². The Morgan fingerprint density at radius 3 is 2.79 bits per heavy atom. The van der Waals surface area contributed by atoms with Gasteiger partial charge in [-0.25, -0.2) is 8.42 Å². The summed E-state index contributed by atoms with van der Waals surface area (Å²) in [4.78, 5) is 0.243. The molecule has 1 aliphatic heterocycles. The van der Waals surface area contributed by atoms with Gasteiger partial charge in [0.05, 0.1) is 4.90 Å². The molecule has 0 aliphatic carbocycles. The van der Waals surface area contributed by atoms with Crippen molar-refractivity contribution >= 4 is 21.6 Å². The van der Waals surface area contributed by atoms with Crippen LogP contribution in [-0.2, 0) is 10.0 Å². The highest BCUT2D eigenvalue weighted by Gasteiger charge is 2.35. The molecule has 6 heteroatoms. The van der Waals surface area contributed by atoms with Crippen LogP contribution in [0.2, 0.25) is 5.02 Å². The Morgan fingerprint density at radius 2 is 2.16 bits per heavy atom. The van der Waals surface area contributed by atoms with E-state index < -0.39 is 10.0 Å². The molecule has 2 unspecified atom stereocenters. The van der Waals surface area contributed by atoms with Crippen molar-refractivity contribution in [3.8, 4) is 0 Å². The molecular weight excluding hydrogens is 284 g/mol. The molecule has 1 saturated heterocycles. The highest BCUT2D eigenvalue weighted by Crippen LogP contribution is 2.27. The van der Waals surface area contributed by atoms with E-state index in [0.717, 1.165) is 19.3 Å². The predicted octanol–water partition coefficient (Wildman–Crippen LogP) is 2.23. The molecule has 0 spiro atoms. The Morgan fingerprint density at radius 1 is 1.42 bits per heavy atom. The van der Waals surface area contributed by atoms with Crippen molar-refractivity contribution in [2.75, 3.05) is 6.54 Å². The fourth-order valence-electron chi connectivity index (χ4n) is 2.52. The van der Waals surface area contributed by atoms with Gasteiger partial charge in [-0.2, -0.15) is 4.31 Å². The van der Waals surface area contributed by atoms with Gasteiger partial charge in [0.1, 0.15) is 0 Å². The van der Waals surface area contributed by atoms with Crippen LogP contribution in [0.25, 0.3) is 0 Å². The minimum absolute atomic E-state index is 0.127. The Bertz CT molecular complexity index is 545. The van der Waals surface area contributed by atoms with E-state index >= 15 is 0 Å². The van der Waals surface area contributed by atoms with Crippen LogP contribution < -0.4 is 5.73 Å². The smallest absolute Gasteiger partial charge is 0.243 e. The second-order valence-corrected chi connectivity index (χ2v) is 7.32. The first-order valence-electron chi connectivity index (χ1n) is 6.46. The molecule has 106 valence electrons. The zero-order valence-electron chi connectivity index (χ0n) is 10.9. The number of sulfonamides is 1. The third kappa shape index (κ3) is 3.11. The molecule has 0 radical (unpaired) electrons. The summed E-state index contributed by atoms with van der Waals surface area (Å²) in [7, 11) is -3.51. The van der Waals surface area contributed by atoms with Crippen LogP contribution in [0.15, 0.2) is 29.2 Å². The molecule has 1 aromatic carbocycles. The van der Waals surface area contributed by atoms with Gasteiger partial charge in [0.25, 0.3) is 0 Å². The quantitative estimate of drug-likeness (QED) is 0.931. The molecule has 0 bridgehead atoms. The number of hydrogen-bond acceptors (Lipinski definition) is 3. The number of rotatable bonds is 3. The molecule has 2 rings (SSSR count). The molecule has 2 N–H and O–H groups in total. The minimum atomic E-state index is -3.51. The molecule has 19 heavy (non-hydrogen) atoms. The van der Waals surface area contributed by atoms with Crippen molar-refractivity contribution in [2.24, 2.45) is 5.73 Å². The lowest BCUT2D eigenvalue weighted by Gasteiger charge is -2.36. The normalized spacial score (nSPS) is 23.2. The van der Waals surface area contributed by atoms with Crippen LogP contribution in [0.4, 0.5) is 0 Å². The van der Waals surface area contributed by atoms with Crippen molar-refractivity contribution in [3.63, 3.8) is 0 Å². The molecule has 1 fully saturated rings. The fourth-order valence-corrected chi connectivity index (χ4v) is 4.59. The Labute approximate surface area is 119 Å². The lowest BCUT2D eigenvalue weighted by molar-refractivity contribution is 0.227. The minimum Gasteiger partial charge on any atom is -0.326 e. The van der Waals surface area contributed by atoms with Gasteiger partial charge in [-0.3, -0.25) is 0 Å². The van der Waals surface area contributed by atoms with E-state index in [1.54, 1.807) is 18.2 Å². The topological polar surface area (TPSA) is 63.4 Å². The molecule has 1 aromatic rings. The highest BCUT2D eigenvalue weighted by atomic mass is 35.5. The lowest BCUT2D eigenvalue weighted by Crippen LogP contribution is -2.51. The van der Waals surface area contributed by atoms with Gasteiger partial charge in [0.15, 0.2) is 0 Å². The first kappa shape index (κ1) is 14.8. The average molecular weight is 303 g/mol. The number of benzene rings is 1. The Kier molecular flexibility index (Phi) is 4.50. The Balaban J connectivity index is 2.37. The number of nitrogens with two attached hydrogens (primary N) is 1. The van der Waals surface area contributed by atoms with Crippen molar-refractivity contribution in [1.29, 1.82) is 0 Å². The maximum atomic E-state index is 12.7. The maximum absolute atomic E-state index is 12.7. The average Bonchev–Trinajstić information content (AvgIpc) is 2.38. The summed E-state index contributed by atoms with van der Waals surface area (Å²) >= 11 is 5.88. The fraction of sp³-hybridized carbons (Fsp3) is 0.538.